The standard InChI is InChI=1S/2C10H20O.7C9H18O/c1-3-5-9-6-4-7-10(11)8(9)2;1-3-4-9-5-6-10(11)8(2)7-9;1-3-9(2)6-4-8(10)5-7-9;1-3-8-4-5-9(10)7(2)6-8;1-3-8-6-9(10)5-4-7(8)2;1-3-8-6-7(2)4-5-9(8)10;1-3-9(2)6-4-5-8(10)7-9;1-3-9(2)7-5-4-6-8(9)10;1-3-8-5-4-6-9(10)7(8)2/h2*8-11H,3-7H2,1-2H3;8,10H,3-7H2,1-2H3;3*7-10H,3-6H2,1-2H3;2*8,10H,3-7H2,1-2H3;7-10H,3-6H2,1-2H3. The Morgan fingerprint density at radius 1 is 0.315 bits per heavy atom. The Morgan fingerprint density at radius 2 is 0.837 bits per heavy atom. The number of hydrogen-bond donors (Lipinski definition) is 9. The Morgan fingerprint density at radius 3 is 1.27 bits per heavy atom. The fourth-order valence-corrected chi connectivity index (χ4v) is 17.4. The van der Waals surface area contributed by atoms with Crippen LogP contribution in [0.4, 0.5) is 0 Å². The third-order valence-electron chi connectivity index (χ3n) is 26.4. The van der Waals surface area contributed by atoms with Gasteiger partial charge in [0.15, 0.2) is 0 Å². The molecule has 22 atom stereocenters. The van der Waals surface area contributed by atoms with Crippen molar-refractivity contribution in [2.24, 2.45) is 87.3 Å². The van der Waals surface area contributed by atoms with Crippen LogP contribution in [0.2, 0.25) is 0 Å². The first kappa shape index (κ1) is 89.7. The minimum Gasteiger partial charge on any atom is -0.393 e. The van der Waals surface area contributed by atoms with Crippen LogP contribution in [0.15, 0.2) is 0 Å². The molecule has 9 aliphatic carbocycles. The summed E-state index contributed by atoms with van der Waals surface area (Å²) in [6.07, 6.45) is 48.4. The first-order valence-electron chi connectivity index (χ1n) is 40.6. The van der Waals surface area contributed by atoms with Gasteiger partial charge in [0.25, 0.3) is 0 Å². The van der Waals surface area contributed by atoms with E-state index >= 15 is 0 Å². The van der Waals surface area contributed by atoms with Gasteiger partial charge in [0.05, 0.1) is 54.9 Å². The van der Waals surface area contributed by atoms with Crippen molar-refractivity contribution in [3.63, 3.8) is 0 Å². The summed E-state index contributed by atoms with van der Waals surface area (Å²) in [4.78, 5) is 0. The van der Waals surface area contributed by atoms with E-state index in [1.807, 2.05) is 0 Å². The zero-order chi connectivity index (χ0) is 69.6. The molecule has 9 rings (SSSR count). The molecule has 9 nitrogen and oxygen atoms in total. The largest absolute Gasteiger partial charge is 0.393 e. The molecule has 9 N–H and O–H groups in total. The van der Waals surface area contributed by atoms with Crippen LogP contribution in [0.3, 0.4) is 0 Å². The van der Waals surface area contributed by atoms with Crippen LogP contribution in [-0.2, 0) is 0 Å². The van der Waals surface area contributed by atoms with Gasteiger partial charge in [-0.05, 0) is 241 Å². The average Bonchev–Trinajstić information content (AvgIpc) is 1.54. The van der Waals surface area contributed by atoms with Gasteiger partial charge in [0.2, 0.25) is 0 Å². The molecule has 92 heavy (non-hydrogen) atoms. The van der Waals surface area contributed by atoms with Gasteiger partial charge in [-0.3, -0.25) is 0 Å². The zero-order valence-corrected chi connectivity index (χ0v) is 64.6. The van der Waals surface area contributed by atoms with Crippen LogP contribution in [-0.4, -0.2) is 101 Å². The van der Waals surface area contributed by atoms with Crippen LogP contribution >= 0.6 is 0 Å². The summed E-state index contributed by atoms with van der Waals surface area (Å²) in [6, 6.07) is 0. The Kier molecular flexibility index (Phi) is 48.0. The predicted molar refractivity (Wildman–Crippen MR) is 395 cm³/mol. The van der Waals surface area contributed by atoms with Gasteiger partial charge < -0.3 is 46.0 Å². The van der Waals surface area contributed by atoms with Crippen LogP contribution in [0.1, 0.15) is 388 Å². The van der Waals surface area contributed by atoms with Crippen molar-refractivity contribution in [1.29, 1.82) is 0 Å². The molecule has 0 aromatic rings. The third-order valence-corrected chi connectivity index (χ3v) is 26.4. The Balaban J connectivity index is 0.000000518. The molecule has 0 aliphatic heterocycles. The highest BCUT2D eigenvalue weighted by molar-refractivity contribution is 4.86. The number of aliphatic hydroxyl groups is 9. The van der Waals surface area contributed by atoms with Crippen LogP contribution in [0, 0.1) is 87.3 Å². The number of aliphatic hydroxyl groups excluding tert-OH is 9. The number of hydrogen-bond acceptors (Lipinski definition) is 9. The predicted octanol–water partition coefficient (Wildman–Crippen LogP) is 21.0. The van der Waals surface area contributed by atoms with E-state index in [1.54, 1.807) is 0 Å². The fraction of sp³-hybridized carbons (Fsp3) is 1.00. The first-order chi connectivity index (χ1) is 43.5. The minimum atomic E-state index is -0.0359. The van der Waals surface area contributed by atoms with Gasteiger partial charge >= 0.3 is 0 Å². The summed E-state index contributed by atoms with van der Waals surface area (Å²) < 4.78 is 0. The van der Waals surface area contributed by atoms with Crippen molar-refractivity contribution in [3.05, 3.63) is 0 Å². The molecule has 0 saturated heterocycles. The maximum Gasteiger partial charge on any atom is 0.0593 e. The van der Waals surface area contributed by atoms with Crippen molar-refractivity contribution in [2.75, 3.05) is 0 Å². The Bertz CT molecular complexity index is 1690. The first-order valence-corrected chi connectivity index (χ1v) is 40.6. The third kappa shape index (κ3) is 35.6. The van der Waals surface area contributed by atoms with E-state index in [4.69, 9.17) is 0 Å². The van der Waals surface area contributed by atoms with E-state index in [0.717, 1.165) is 131 Å². The SMILES string of the molecule is CCC1(C)CCC(O)CC1.CCC1(C)CCCC(O)C1.CCC1(C)CCCCC1O.CCC1CC(C)CCC1O.CCC1CC(O)CCC1C.CCC1CCC(O)C(C)C1.CCC1CCCC(O)C1C.CCCC1CCC(O)C(C)C1.CCCC1CCCC(O)C1C. The summed E-state index contributed by atoms with van der Waals surface area (Å²) in [5.41, 5.74) is 1.22. The van der Waals surface area contributed by atoms with Crippen molar-refractivity contribution in [2.45, 2.75) is 443 Å². The highest BCUT2D eigenvalue weighted by Gasteiger charge is 2.35. The normalized spacial score (nSPS) is 41.1. The van der Waals surface area contributed by atoms with Gasteiger partial charge in [-0.2, -0.15) is 0 Å². The van der Waals surface area contributed by atoms with Gasteiger partial charge in [-0.1, -0.05) is 234 Å². The zero-order valence-electron chi connectivity index (χ0n) is 64.6. The molecule has 0 aromatic heterocycles. The lowest BCUT2D eigenvalue weighted by atomic mass is 9.72. The van der Waals surface area contributed by atoms with Crippen LogP contribution < -0.4 is 0 Å². The fourth-order valence-electron chi connectivity index (χ4n) is 17.4. The molecule has 9 aliphatic rings. The molecule has 9 heteroatoms. The smallest absolute Gasteiger partial charge is 0.0593 e. The summed E-state index contributed by atoms with van der Waals surface area (Å²) in [5.74, 6) is 8.58. The monoisotopic (exact) mass is 1310 g/mol. The average molecular weight is 1310 g/mol. The molecule has 0 spiro atoms. The number of rotatable bonds is 11. The summed E-state index contributed by atoms with van der Waals surface area (Å²) in [6.45, 7) is 40.1. The highest BCUT2D eigenvalue weighted by atomic mass is 16.3. The molecular formula is C83H166O9. The molecule has 0 aromatic carbocycles. The molecule has 0 heterocycles. The lowest BCUT2D eigenvalue weighted by Gasteiger charge is -2.37. The lowest BCUT2D eigenvalue weighted by Crippen LogP contribution is -2.34. The Hall–Kier alpha value is -0.360. The Labute approximate surface area is 573 Å². The van der Waals surface area contributed by atoms with Crippen molar-refractivity contribution < 1.29 is 46.0 Å². The quantitative estimate of drug-likeness (QED) is 0.0972. The molecule has 0 amide bonds. The molecule has 0 bridgehead atoms. The summed E-state index contributed by atoms with van der Waals surface area (Å²) in [5, 5.41) is 85.0. The molecule has 22 unspecified atom stereocenters. The van der Waals surface area contributed by atoms with E-state index in [-0.39, 0.29) is 60.4 Å². The van der Waals surface area contributed by atoms with Crippen molar-refractivity contribution in [1.82, 2.24) is 0 Å². The molecule has 552 valence electrons. The van der Waals surface area contributed by atoms with Gasteiger partial charge in [-0.25, -0.2) is 0 Å². The molecule has 0 radical (unpaired) electrons. The second kappa shape index (κ2) is 49.2. The van der Waals surface area contributed by atoms with Crippen LogP contribution in [0.5, 0.6) is 0 Å². The van der Waals surface area contributed by atoms with E-state index in [0.29, 0.717) is 40.4 Å². The van der Waals surface area contributed by atoms with Crippen molar-refractivity contribution in [3.8, 4) is 0 Å². The highest BCUT2D eigenvalue weighted by Crippen LogP contribution is 2.42. The van der Waals surface area contributed by atoms with Gasteiger partial charge in [0, 0.05) is 0 Å². The second-order valence-corrected chi connectivity index (χ2v) is 33.9. The van der Waals surface area contributed by atoms with E-state index < -0.39 is 0 Å². The molecule has 9 fully saturated rings. The van der Waals surface area contributed by atoms with Crippen LogP contribution in [0.25, 0.3) is 0 Å². The summed E-state index contributed by atoms with van der Waals surface area (Å²) in [7, 11) is 0. The second-order valence-electron chi connectivity index (χ2n) is 33.9. The van der Waals surface area contributed by atoms with E-state index in [1.165, 1.54) is 173 Å². The van der Waals surface area contributed by atoms with Gasteiger partial charge in [0.1, 0.15) is 0 Å². The van der Waals surface area contributed by atoms with Gasteiger partial charge in [-0.15, -0.1) is 0 Å². The topological polar surface area (TPSA) is 182 Å². The maximum absolute atomic E-state index is 9.63. The molecule has 9 saturated carbocycles. The maximum atomic E-state index is 9.63. The lowest BCUT2D eigenvalue weighted by molar-refractivity contribution is -0.00178. The summed E-state index contributed by atoms with van der Waals surface area (Å²) >= 11 is 0. The van der Waals surface area contributed by atoms with Crippen molar-refractivity contribution >= 4 is 0 Å². The minimum absolute atomic E-state index is 0.000347. The van der Waals surface area contributed by atoms with E-state index in [2.05, 4.69) is 125 Å². The molecular weight excluding hydrogens is 1140 g/mol. The van der Waals surface area contributed by atoms with E-state index in [9.17, 15) is 46.0 Å².